The molecule has 1 saturated carbocycles. The zero-order valence-corrected chi connectivity index (χ0v) is 14.4. The molecule has 1 aliphatic carbocycles. The smallest absolute Gasteiger partial charge is 0.0251 e. The van der Waals surface area contributed by atoms with Crippen LogP contribution in [0.5, 0.6) is 0 Å². The molecule has 3 unspecified atom stereocenters. The van der Waals surface area contributed by atoms with Gasteiger partial charge in [-0.3, -0.25) is 4.90 Å². The van der Waals surface area contributed by atoms with Gasteiger partial charge in [-0.05, 0) is 26.8 Å². The Hall–Kier alpha value is -0.120. The molecule has 0 bridgehead atoms. The molecule has 0 aromatic rings. The molecule has 0 aromatic heterocycles. The van der Waals surface area contributed by atoms with Crippen LogP contribution in [-0.2, 0) is 0 Å². The molecule has 2 aliphatic rings. The van der Waals surface area contributed by atoms with E-state index in [0.717, 1.165) is 0 Å². The minimum atomic E-state index is 0.385. The van der Waals surface area contributed by atoms with Crippen LogP contribution in [-0.4, -0.2) is 54.6 Å². The maximum absolute atomic E-state index is 6.63. The van der Waals surface area contributed by atoms with Crippen LogP contribution < -0.4 is 5.73 Å². The average Bonchev–Trinajstić information content (AvgIpc) is 2.44. The van der Waals surface area contributed by atoms with Crippen molar-refractivity contribution < 1.29 is 0 Å². The number of hydrogen-bond acceptors (Lipinski definition) is 3. The lowest BCUT2D eigenvalue weighted by molar-refractivity contribution is 0.0439. The lowest BCUT2D eigenvalue weighted by Gasteiger charge is -2.45. The highest BCUT2D eigenvalue weighted by molar-refractivity contribution is 4.89. The standard InChI is InChI=1S/C18H37N3/c1-16-15-20(2)13-14-21(16)18-12-10-8-6-4-3-5-7-9-11-17(18)19/h16-18H,3-15,19H2,1-2H3. The summed E-state index contributed by atoms with van der Waals surface area (Å²) in [7, 11) is 2.24. The number of likely N-dealkylation sites (N-methyl/N-ethyl adjacent to an activating group) is 1. The van der Waals surface area contributed by atoms with Crippen molar-refractivity contribution in [3.05, 3.63) is 0 Å². The molecular weight excluding hydrogens is 258 g/mol. The lowest BCUT2D eigenvalue weighted by Crippen LogP contribution is -2.58. The molecule has 1 saturated heterocycles. The molecule has 124 valence electrons. The molecule has 3 nitrogen and oxygen atoms in total. The third-order valence-electron chi connectivity index (χ3n) is 5.59. The quantitative estimate of drug-likeness (QED) is 0.806. The Bertz CT molecular complexity index is 282. The second-order valence-corrected chi connectivity index (χ2v) is 7.49. The van der Waals surface area contributed by atoms with E-state index < -0.39 is 0 Å². The summed E-state index contributed by atoms with van der Waals surface area (Å²) in [6.45, 7) is 5.99. The van der Waals surface area contributed by atoms with Gasteiger partial charge in [-0.1, -0.05) is 51.4 Å². The summed E-state index contributed by atoms with van der Waals surface area (Å²) in [5.74, 6) is 0. The van der Waals surface area contributed by atoms with Crippen LogP contribution >= 0.6 is 0 Å². The van der Waals surface area contributed by atoms with Crippen LogP contribution in [0.3, 0.4) is 0 Å². The first-order valence-electron chi connectivity index (χ1n) is 9.38. The van der Waals surface area contributed by atoms with Gasteiger partial charge < -0.3 is 10.6 Å². The van der Waals surface area contributed by atoms with E-state index in [4.69, 9.17) is 5.73 Å². The Labute approximate surface area is 132 Å². The summed E-state index contributed by atoms with van der Waals surface area (Å²) in [4.78, 5) is 5.19. The molecule has 2 fully saturated rings. The third kappa shape index (κ3) is 5.54. The van der Waals surface area contributed by atoms with Gasteiger partial charge >= 0.3 is 0 Å². The van der Waals surface area contributed by atoms with E-state index in [-0.39, 0.29) is 0 Å². The van der Waals surface area contributed by atoms with Gasteiger partial charge in [0.15, 0.2) is 0 Å². The first-order chi connectivity index (χ1) is 10.2. The van der Waals surface area contributed by atoms with E-state index in [1.807, 2.05) is 0 Å². The van der Waals surface area contributed by atoms with E-state index in [9.17, 15) is 0 Å². The maximum Gasteiger partial charge on any atom is 0.0251 e. The normalized spacial score (nSPS) is 35.9. The summed E-state index contributed by atoms with van der Waals surface area (Å²) in [6, 6.07) is 1.66. The molecular formula is C18H37N3. The predicted molar refractivity (Wildman–Crippen MR) is 91.6 cm³/mol. The maximum atomic E-state index is 6.63. The van der Waals surface area contributed by atoms with Crippen molar-refractivity contribution in [3.63, 3.8) is 0 Å². The summed E-state index contributed by atoms with van der Waals surface area (Å²) in [5.41, 5.74) is 6.63. The van der Waals surface area contributed by atoms with Crippen LogP contribution in [0.15, 0.2) is 0 Å². The molecule has 2 N–H and O–H groups in total. The van der Waals surface area contributed by atoms with E-state index in [1.165, 1.54) is 83.8 Å². The summed E-state index contributed by atoms with van der Waals surface area (Å²) in [5, 5.41) is 0. The fraction of sp³-hybridized carbons (Fsp3) is 1.00. The van der Waals surface area contributed by atoms with Crippen LogP contribution in [0, 0.1) is 0 Å². The molecule has 2 rings (SSSR count). The zero-order valence-electron chi connectivity index (χ0n) is 14.4. The molecule has 0 radical (unpaired) electrons. The minimum Gasteiger partial charge on any atom is -0.326 e. The number of rotatable bonds is 1. The molecule has 3 heteroatoms. The van der Waals surface area contributed by atoms with Gasteiger partial charge in [0.05, 0.1) is 0 Å². The van der Waals surface area contributed by atoms with Gasteiger partial charge in [-0.25, -0.2) is 0 Å². The van der Waals surface area contributed by atoms with Crippen molar-refractivity contribution in [2.45, 2.75) is 89.3 Å². The van der Waals surface area contributed by atoms with E-state index in [0.29, 0.717) is 18.1 Å². The Morgan fingerprint density at radius 1 is 0.810 bits per heavy atom. The first kappa shape index (κ1) is 17.2. The van der Waals surface area contributed by atoms with Crippen LogP contribution in [0.4, 0.5) is 0 Å². The number of nitrogens with zero attached hydrogens (tertiary/aromatic N) is 2. The van der Waals surface area contributed by atoms with Crippen molar-refractivity contribution in [1.82, 2.24) is 9.80 Å². The Morgan fingerprint density at radius 2 is 1.38 bits per heavy atom. The first-order valence-corrected chi connectivity index (χ1v) is 9.38. The van der Waals surface area contributed by atoms with E-state index >= 15 is 0 Å². The van der Waals surface area contributed by atoms with Gasteiger partial charge in [0, 0.05) is 37.8 Å². The second-order valence-electron chi connectivity index (χ2n) is 7.49. The van der Waals surface area contributed by atoms with Gasteiger partial charge in [0.1, 0.15) is 0 Å². The molecule has 0 aromatic carbocycles. The average molecular weight is 296 g/mol. The Morgan fingerprint density at radius 3 is 2.00 bits per heavy atom. The Kier molecular flexibility index (Phi) is 7.48. The van der Waals surface area contributed by atoms with Crippen molar-refractivity contribution in [3.8, 4) is 0 Å². The van der Waals surface area contributed by atoms with Crippen LogP contribution in [0.25, 0.3) is 0 Å². The third-order valence-corrected chi connectivity index (χ3v) is 5.59. The van der Waals surface area contributed by atoms with Crippen molar-refractivity contribution in [2.24, 2.45) is 5.73 Å². The fourth-order valence-corrected chi connectivity index (χ4v) is 4.26. The molecule has 1 heterocycles. The van der Waals surface area contributed by atoms with Gasteiger partial charge in [0.25, 0.3) is 0 Å². The Balaban J connectivity index is 1.94. The highest BCUT2D eigenvalue weighted by Crippen LogP contribution is 2.23. The number of piperazine rings is 1. The zero-order chi connectivity index (χ0) is 15.1. The van der Waals surface area contributed by atoms with E-state index in [1.54, 1.807) is 0 Å². The number of hydrogen-bond donors (Lipinski definition) is 1. The largest absolute Gasteiger partial charge is 0.326 e. The van der Waals surface area contributed by atoms with Gasteiger partial charge in [0.2, 0.25) is 0 Å². The van der Waals surface area contributed by atoms with Crippen LogP contribution in [0.2, 0.25) is 0 Å². The molecule has 0 spiro atoms. The van der Waals surface area contributed by atoms with E-state index in [2.05, 4.69) is 23.8 Å². The van der Waals surface area contributed by atoms with Crippen molar-refractivity contribution in [2.75, 3.05) is 26.7 Å². The van der Waals surface area contributed by atoms with Crippen molar-refractivity contribution >= 4 is 0 Å². The summed E-state index contributed by atoms with van der Waals surface area (Å²) >= 11 is 0. The van der Waals surface area contributed by atoms with Gasteiger partial charge in [-0.2, -0.15) is 0 Å². The topological polar surface area (TPSA) is 32.5 Å². The molecule has 3 atom stereocenters. The monoisotopic (exact) mass is 295 g/mol. The van der Waals surface area contributed by atoms with Crippen LogP contribution in [0.1, 0.15) is 71.1 Å². The molecule has 0 amide bonds. The second kappa shape index (κ2) is 9.12. The minimum absolute atomic E-state index is 0.385. The fourth-order valence-electron chi connectivity index (χ4n) is 4.26. The van der Waals surface area contributed by atoms with Crippen molar-refractivity contribution in [1.29, 1.82) is 0 Å². The van der Waals surface area contributed by atoms with Gasteiger partial charge in [-0.15, -0.1) is 0 Å². The predicted octanol–water partition coefficient (Wildman–Crippen LogP) is 3.23. The lowest BCUT2D eigenvalue weighted by atomic mass is 9.92. The highest BCUT2D eigenvalue weighted by atomic mass is 15.3. The molecule has 21 heavy (non-hydrogen) atoms. The molecule has 1 aliphatic heterocycles. The summed E-state index contributed by atoms with van der Waals surface area (Å²) in [6.07, 6.45) is 13.8. The highest BCUT2D eigenvalue weighted by Gasteiger charge is 2.31. The number of nitrogens with two attached hydrogens (primary N) is 1. The SMILES string of the molecule is CC1CN(C)CCN1C1CCCCCCCCCCC1N. The summed E-state index contributed by atoms with van der Waals surface area (Å²) < 4.78 is 0.